The van der Waals surface area contributed by atoms with Crippen molar-refractivity contribution in [3.63, 3.8) is 0 Å². The Morgan fingerprint density at radius 3 is 2.30 bits per heavy atom. The topological polar surface area (TPSA) is 113 Å². The minimum atomic E-state index is -1.15. The summed E-state index contributed by atoms with van der Waals surface area (Å²) in [6.07, 6.45) is -1.15. The number of nitrogens with zero attached hydrogens (tertiary/aromatic N) is 3. The first-order chi connectivity index (χ1) is 15.9. The van der Waals surface area contributed by atoms with Crippen molar-refractivity contribution in [3.8, 4) is 5.75 Å². The summed E-state index contributed by atoms with van der Waals surface area (Å²) in [6.45, 7) is 0. The van der Waals surface area contributed by atoms with E-state index >= 15 is 0 Å². The standard InChI is InChI=1S/C23H16BrN3O6/c24-13-6-8-14(9-7-13)25-22(29)19-20(17-12-16(27(31)32)10-11-18(17)28)26(33-21(19)23(25)30)15-4-2-1-3-5-15/h1-12,19-21,28H/t19-,20+,21-/m1/s1. The van der Waals surface area contributed by atoms with Crippen LogP contribution in [0.2, 0.25) is 0 Å². The van der Waals surface area contributed by atoms with E-state index in [0.29, 0.717) is 11.4 Å². The minimum Gasteiger partial charge on any atom is -0.508 e. The van der Waals surface area contributed by atoms with Gasteiger partial charge in [0, 0.05) is 22.2 Å². The van der Waals surface area contributed by atoms with E-state index in [9.17, 15) is 24.8 Å². The maximum Gasteiger partial charge on any atom is 0.270 e. The molecule has 10 heteroatoms. The van der Waals surface area contributed by atoms with Crippen LogP contribution in [-0.2, 0) is 14.4 Å². The summed E-state index contributed by atoms with van der Waals surface area (Å²) in [5, 5.41) is 23.4. The van der Waals surface area contributed by atoms with Crippen molar-refractivity contribution >= 4 is 44.8 Å². The van der Waals surface area contributed by atoms with Gasteiger partial charge in [-0.3, -0.25) is 24.5 Å². The lowest BCUT2D eigenvalue weighted by molar-refractivity contribution is -0.385. The van der Waals surface area contributed by atoms with E-state index in [-0.39, 0.29) is 17.0 Å². The molecule has 0 unspecified atom stereocenters. The fourth-order valence-electron chi connectivity index (χ4n) is 4.27. The zero-order valence-electron chi connectivity index (χ0n) is 16.9. The molecule has 33 heavy (non-hydrogen) atoms. The molecular weight excluding hydrogens is 494 g/mol. The molecule has 0 aliphatic carbocycles. The Bertz CT molecular complexity index is 1270. The Kier molecular flexibility index (Phi) is 5.10. The van der Waals surface area contributed by atoms with E-state index in [1.807, 2.05) is 0 Å². The molecule has 0 bridgehead atoms. The van der Waals surface area contributed by atoms with Gasteiger partial charge in [0.1, 0.15) is 17.7 Å². The number of benzene rings is 3. The van der Waals surface area contributed by atoms with Crippen molar-refractivity contribution in [2.75, 3.05) is 9.96 Å². The quantitative estimate of drug-likeness (QED) is 0.319. The van der Waals surface area contributed by atoms with Crippen LogP contribution in [0, 0.1) is 16.0 Å². The maximum atomic E-state index is 13.5. The van der Waals surface area contributed by atoms with Gasteiger partial charge in [-0.2, -0.15) is 0 Å². The third-order valence-corrected chi connectivity index (χ3v) is 6.28. The summed E-state index contributed by atoms with van der Waals surface area (Å²) >= 11 is 3.33. The monoisotopic (exact) mass is 509 g/mol. The van der Waals surface area contributed by atoms with Crippen molar-refractivity contribution in [2.24, 2.45) is 5.92 Å². The number of carbonyl (C=O) groups is 2. The van der Waals surface area contributed by atoms with Gasteiger partial charge < -0.3 is 5.11 Å². The highest BCUT2D eigenvalue weighted by molar-refractivity contribution is 9.10. The van der Waals surface area contributed by atoms with Gasteiger partial charge in [-0.15, -0.1) is 0 Å². The fourth-order valence-corrected chi connectivity index (χ4v) is 4.53. The number of hydrogen-bond acceptors (Lipinski definition) is 7. The van der Waals surface area contributed by atoms with Crippen LogP contribution in [0.25, 0.3) is 0 Å². The summed E-state index contributed by atoms with van der Waals surface area (Å²) < 4.78 is 0.788. The van der Waals surface area contributed by atoms with Gasteiger partial charge in [-0.25, -0.2) is 9.96 Å². The summed E-state index contributed by atoms with van der Waals surface area (Å²) in [5.74, 6) is -2.31. The van der Waals surface area contributed by atoms with Crippen LogP contribution in [0.15, 0.2) is 77.3 Å². The molecule has 2 fully saturated rings. The van der Waals surface area contributed by atoms with Crippen molar-refractivity contribution in [2.45, 2.75) is 12.1 Å². The zero-order valence-corrected chi connectivity index (χ0v) is 18.5. The Labute approximate surface area is 196 Å². The average Bonchev–Trinajstić information content (AvgIpc) is 3.31. The number of para-hydroxylation sites is 1. The molecule has 3 aromatic rings. The normalized spacial score (nSPS) is 22.0. The predicted octanol–water partition coefficient (Wildman–Crippen LogP) is 4.11. The van der Waals surface area contributed by atoms with Gasteiger partial charge in [0.05, 0.1) is 16.3 Å². The molecule has 2 amide bonds. The Morgan fingerprint density at radius 1 is 0.939 bits per heavy atom. The van der Waals surface area contributed by atoms with Crippen LogP contribution in [0.3, 0.4) is 0 Å². The molecule has 9 nitrogen and oxygen atoms in total. The lowest BCUT2D eigenvalue weighted by Crippen LogP contribution is -2.37. The second-order valence-corrected chi connectivity index (χ2v) is 8.56. The highest BCUT2D eigenvalue weighted by Crippen LogP contribution is 2.49. The number of anilines is 2. The molecule has 2 aliphatic heterocycles. The highest BCUT2D eigenvalue weighted by Gasteiger charge is 2.60. The highest BCUT2D eigenvalue weighted by atomic mass is 79.9. The molecule has 0 radical (unpaired) electrons. The minimum absolute atomic E-state index is 0.124. The van der Waals surface area contributed by atoms with Gasteiger partial charge in [-0.1, -0.05) is 34.1 Å². The van der Waals surface area contributed by atoms with Crippen LogP contribution in [0.4, 0.5) is 17.1 Å². The number of fused-ring (bicyclic) bond motifs is 1. The largest absolute Gasteiger partial charge is 0.508 e. The van der Waals surface area contributed by atoms with Gasteiger partial charge in [0.25, 0.3) is 11.6 Å². The molecule has 166 valence electrons. The van der Waals surface area contributed by atoms with Crippen molar-refractivity contribution in [1.82, 2.24) is 0 Å². The van der Waals surface area contributed by atoms with Gasteiger partial charge >= 0.3 is 0 Å². The van der Waals surface area contributed by atoms with Gasteiger partial charge in [-0.05, 0) is 42.5 Å². The number of amides is 2. The lowest BCUT2D eigenvalue weighted by atomic mass is 9.89. The first-order valence-electron chi connectivity index (χ1n) is 9.98. The number of halogens is 1. The van der Waals surface area contributed by atoms with Crippen molar-refractivity contribution in [1.29, 1.82) is 0 Å². The number of aromatic hydroxyl groups is 1. The molecule has 3 aromatic carbocycles. The second kappa shape index (κ2) is 7.98. The van der Waals surface area contributed by atoms with Crippen LogP contribution in [0.5, 0.6) is 5.75 Å². The number of carbonyl (C=O) groups excluding carboxylic acids is 2. The Hall–Kier alpha value is -3.76. The van der Waals surface area contributed by atoms with Gasteiger partial charge in [0.2, 0.25) is 5.91 Å². The van der Waals surface area contributed by atoms with E-state index in [0.717, 1.165) is 9.37 Å². The number of rotatable bonds is 4. The first kappa shape index (κ1) is 21.1. The molecule has 2 saturated heterocycles. The summed E-state index contributed by atoms with van der Waals surface area (Å²) in [4.78, 5) is 44.7. The van der Waals surface area contributed by atoms with Crippen LogP contribution in [-0.4, -0.2) is 27.9 Å². The smallest absolute Gasteiger partial charge is 0.270 e. The molecule has 2 aliphatic rings. The summed E-state index contributed by atoms with van der Waals surface area (Å²) in [6, 6.07) is 18.1. The number of hydrogen-bond donors (Lipinski definition) is 1. The van der Waals surface area contributed by atoms with Crippen molar-refractivity contribution < 1.29 is 24.5 Å². The van der Waals surface area contributed by atoms with E-state index in [1.165, 1.54) is 23.3 Å². The Balaban J connectivity index is 1.63. The summed E-state index contributed by atoms with van der Waals surface area (Å²) in [7, 11) is 0. The number of imide groups is 1. The first-order valence-corrected chi connectivity index (χ1v) is 10.8. The number of hydroxylamine groups is 1. The number of phenolic OH excluding ortho intramolecular Hbond substituents is 1. The van der Waals surface area contributed by atoms with Gasteiger partial charge in [0.15, 0.2) is 6.10 Å². The second-order valence-electron chi connectivity index (χ2n) is 7.65. The lowest BCUT2D eigenvalue weighted by Gasteiger charge is -2.29. The Morgan fingerprint density at radius 2 is 1.64 bits per heavy atom. The number of phenols is 1. The van der Waals surface area contributed by atoms with Crippen molar-refractivity contribution in [3.05, 3.63) is 92.9 Å². The third-order valence-electron chi connectivity index (χ3n) is 5.75. The molecular formula is C23H16BrN3O6. The molecule has 0 aromatic heterocycles. The third kappa shape index (κ3) is 3.43. The van der Waals surface area contributed by atoms with Crippen LogP contribution >= 0.6 is 15.9 Å². The molecule has 2 heterocycles. The zero-order chi connectivity index (χ0) is 23.3. The van der Waals surface area contributed by atoms with Crippen LogP contribution < -0.4 is 9.96 Å². The molecule has 5 rings (SSSR count). The van der Waals surface area contributed by atoms with E-state index in [4.69, 9.17) is 4.84 Å². The molecule has 1 N–H and O–H groups in total. The SMILES string of the molecule is O=C1[C@H]2[C@@H](ON(c3ccccc3)[C@H]2c2cc([N+](=O)[O-])ccc2O)C(=O)N1c1ccc(Br)cc1. The fraction of sp³-hybridized carbons (Fsp3) is 0.130. The average molecular weight is 510 g/mol. The van der Waals surface area contributed by atoms with E-state index in [1.54, 1.807) is 54.6 Å². The molecule has 0 spiro atoms. The number of non-ortho nitro benzene ring substituents is 1. The number of nitro groups is 1. The summed E-state index contributed by atoms with van der Waals surface area (Å²) in [5.41, 5.74) is 0.804. The van der Waals surface area contributed by atoms with E-state index in [2.05, 4.69) is 15.9 Å². The predicted molar refractivity (Wildman–Crippen MR) is 121 cm³/mol. The van der Waals surface area contributed by atoms with E-state index < -0.39 is 34.8 Å². The van der Waals surface area contributed by atoms with Crippen LogP contribution in [0.1, 0.15) is 11.6 Å². The molecule has 3 atom stereocenters. The number of nitro benzene ring substituents is 1. The maximum absolute atomic E-state index is 13.5. The molecule has 0 saturated carbocycles.